The van der Waals surface area contributed by atoms with Gasteiger partial charge in [-0.05, 0) is 33.6 Å². The van der Waals surface area contributed by atoms with Gasteiger partial charge in [0.1, 0.15) is 6.04 Å². The van der Waals surface area contributed by atoms with Gasteiger partial charge in [0.15, 0.2) is 0 Å². The second kappa shape index (κ2) is 5.14. The first-order chi connectivity index (χ1) is 7.41. The molecule has 1 atom stereocenters. The molecule has 1 saturated heterocycles. The summed E-state index contributed by atoms with van der Waals surface area (Å²) in [5, 5.41) is -0.498. The van der Waals surface area contributed by atoms with E-state index in [1.807, 2.05) is 0 Å². The Balaban J connectivity index is 2.85. The molecule has 0 N–H and O–H groups in total. The number of nitrogens with zero attached hydrogens (tertiary/aromatic N) is 1. The third-order valence-corrected chi connectivity index (χ3v) is 4.97. The molecule has 1 heterocycles. The van der Waals surface area contributed by atoms with Crippen LogP contribution in [-0.4, -0.2) is 43.1 Å². The summed E-state index contributed by atoms with van der Waals surface area (Å²) in [6, 6.07) is -0.618. The lowest BCUT2D eigenvalue weighted by Gasteiger charge is -2.24. The van der Waals surface area contributed by atoms with Crippen molar-refractivity contribution in [2.75, 3.05) is 13.2 Å². The third kappa shape index (κ3) is 2.55. The van der Waals surface area contributed by atoms with Crippen molar-refractivity contribution in [2.45, 2.75) is 44.9 Å². The Labute approximate surface area is 96.8 Å². The minimum absolute atomic E-state index is 0.283. The van der Waals surface area contributed by atoms with Crippen molar-refractivity contribution in [2.24, 2.45) is 0 Å². The molecule has 16 heavy (non-hydrogen) atoms. The maximum atomic E-state index is 12.0. The molecule has 1 aliphatic heterocycles. The summed E-state index contributed by atoms with van der Waals surface area (Å²) in [7, 11) is -3.36. The van der Waals surface area contributed by atoms with Crippen LogP contribution in [0.4, 0.5) is 0 Å². The highest BCUT2D eigenvalue weighted by Gasteiger charge is 2.40. The smallest absolute Gasteiger partial charge is 0.324 e. The van der Waals surface area contributed by atoms with Gasteiger partial charge < -0.3 is 4.74 Å². The van der Waals surface area contributed by atoms with Crippen LogP contribution in [0.2, 0.25) is 0 Å². The van der Waals surface area contributed by atoms with Crippen molar-refractivity contribution in [3.63, 3.8) is 0 Å². The van der Waals surface area contributed by atoms with E-state index in [0.29, 0.717) is 13.0 Å². The molecule has 0 aromatic rings. The van der Waals surface area contributed by atoms with Gasteiger partial charge in [0, 0.05) is 6.54 Å². The Hall–Kier alpha value is -0.620. The average Bonchev–Trinajstić information content (AvgIpc) is 2.66. The summed E-state index contributed by atoms with van der Waals surface area (Å²) in [6.07, 6.45) is 1.28. The van der Waals surface area contributed by atoms with E-state index in [1.54, 1.807) is 20.8 Å². The van der Waals surface area contributed by atoms with Crippen molar-refractivity contribution < 1.29 is 17.9 Å². The number of esters is 1. The van der Waals surface area contributed by atoms with Crippen molar-refractivity contribution in [3.8, 4) is 0 Å². The summed E-state index contributed by atoms with van der Waals surface area (Å²) in [4.78, 5) is 11.6. The first-order valence-corrected chi connectivity index (χ1v) is 7.08. The second-order valence-corrected chi connectivity index (χ2v) is 6.56. The summed E-state index contributed by atoms with van der Waals surface area (Å²) >= 11 is 0. The Kier molecular flexibility index (Phi) is 4.32. The number of hydrogen-bond donors (Lipinski definition) is 0. The fourth-order valence-electron chi connectivity index (χ4n) is 1.79. The van der Waals surface area contributed by atoms with Crippen LogP contribution in [0.15, 0.2) is 0 Å². The number of sulfonamides is 1. The van der Waals surface area contributed by atoms with Crippen molar-refractivity contribution in [1.29, 1.82) is 0 Å². The SMILES string of the molecule is CCOC(=O)C1CCCN1S(=O)(=O)C(C)C. The van der Waals surface area contributed by atoms with Gasteiger partial charge in [-0.2, -0.15) is 4.31 Å². The van der Waals surface area contributed by atoms with Gasteiger partial charge in [0.05, 0.1) is 11.9 Å². The average molecular weight is 249 g/mol. The van der Waals surface area contributed by atoms with Crippen molar-refractivity contribution in [1.82, 2.24) is 4.31 Å². The van der Waals surface area contributed by atoms with E-state index >= 15 is 0 Å². The van der Waals surface area contributed by atoms with Gasteiger partial charge in [-0.15, -0.1) is 0 Å². The maximum absolute atomic E-state index is 12.0. The predicted molar refractivity (Wildman–Crippen MR) is 60.4 cm³/mol. The van der Waals surface area contributed by atoms with E-state index in [2.05, 4.69) is 0 Å². The number of carbonyl (C=O) groups is 1. The Morgan fingerprint density at radius 3 is 2.62 bits per heavy atom. The number of rotatable bonds is 4. The molecule has 1 fully saturated rings. The number of ether oxygens (including phenoxy) is 1. The Morgan fingerprint density at radius 1 is 1.50 bits per heavy atom. The topological polar surface area (TPSA) is 63.7 Å². The minimum Gasteiger partial charge on any atom is -0.465 e. The van der Waals surface area contributed by atoms with Gasteiger partial charge in [0.25, 0.3) is 0 Å². The molecule has 0 spiro atoms. The molecule has 5 nitrogen and oxygen atoms in total. The van der Waals surface area contributed by atoms with Crippen molar-refractivity contribution >= 4 is 16.0 Å². The molecule has 0 aromatic carbocycles. The molecule has 0 aliphatic carbocycles. The van der Waals surface area contributed by atoms with E-state index in [-0.39, 0.29) is 6.61 Å². The number of carbonyl (C=O) groups excluding carboxylic acids is 1. The lowest BCUT2D eigenvalue weighted by molar-refractivity contribution is -0.146. The zero-order chi connectivity index (χ0) is 12.3. The highest BCUT2D eigenvalue weighted by Crippen LogP contribution is 2.24. The second-order valence-electron chi connectivity index (χ2n) is 4.11. The molecule has 0 aromatic heterocycles. The highest BCUT2D eigenvalue weighted by atomic mass is 32.2. The molecular formula is C10H19NO4S. The Bertz CT molecular complexity index is 350. The van der Waals surface area contributed by atoms with Crippen LogP contribution < -0.4 is 0 Å². The normalized spacial score (nSPS) is 22.6. The van der Waals surface area contributed by atoms with Gasteiger partial charge in [-0.1, -0.05) is 0 Å². The molecule has 1 rings (SSSR count). The van der Waals surface area contributed by atoms with Gasteiger partial charge in [-0.25, -0.2) is 8.42 Å². The van der Waals surface area contributed by atoms with E-state index in [1.165, 1.54) is 4.31 Å². The molecule has 0 amide bonds. The van der Waals surface area contributed by atoms with Crippen LogP contribution in [0, 0.1) is 0 Å². The summed E-state index contributed by atoms with van der Waals surface area (Å²) in [5.74, 6) is -0.427. The first-order valence-electron chi connectivity index (χ1n) is 5.58. The van der Waals surface area contributed by atoms with Crippen LogP contribution in [-0.2, 0) is 19.6 Å². The fourth-order valence-corrected chi connectivity index (χ4v) is 3.26. The van der Waals surface area contributed by atoms with Gasteiger partial charge in [0.2, 0.25) is 10.0 Å². The van der Waals surface area contributed by atoms with E-state index in [9.17, 15) is 13.2 Å². The van der Waals surface area contributed by atoms with E-state index in [0.717, 1.165) is 6.42 Å². The van der Waals surface area contributed by atoms with Crippen LogP contribution in [0.5, 0.6) is 0 Å². The summed E-state index contributed by atoms with van der Waals surface area (Å²) in [6.45, 7) is 5.66. The summed E-state index contributed by atoms with van der Waals surface area (Å²) < 4.78 is 30.1. The predicted octanol–water partition coefficient (Wildman–Crippen LogP) is 0.752. The molecular weight excluding hydrogens is 230 g/mol. The largest absolute Gasteiger partial charge is 0.465 e. The fraction of sp³-hybridized carbons (Fsp3) is 0.900. The van der Waals surface area contributed by atoms with Crippen molar-refractivity contribution in [3.05, 3.63) is 0 Å². The molecule has 0 radical (unpaired) electrons. The monoisotopic (exact) mass is 249 g/mol. The molecule has 1 aliphatic rings. The lowest BCUT2D eigenvalue weighted by atomic mass is 10.2. The van der Waals surface area contributed by atoms with Crippen LogP contribution >= 0.6 is 0 Å². The molecule has 0 saturated carbocycles. The molecule has 94 valence electrons. The maximum Gasteiger partial charge on any atom is 0.324 e. The Morgan fingerprint density at radius 2 is 2.12 bits per heavy atom. The first kappa shape index (κ1) is 13.4. The van der Waals surface area contributed by atoms with Crippen LogP contribution in [0.1, 0.15) is 33.6 Å². The highest BCUT2D eigenvalue weighted by molar-refractivity contribution is 7.89. The summed E-state index contributed by atoms with van der Waals surface area (Å²) in [5.41, 5.74) is 0. The quantitative estimate of drug-likeness (QED) is 0.690. The zero-order valence-corrected chi connectivity index (χ0v) is 10.8. The van der Waals surface area contributed by atoms with Crippen LogP contribution in [0.25, 0.3) is 0 Å². The standard InChI is InChI=1S/C10H19NO4S/c1-4-15-10(12)9-6-5-7-11(9)16(13,14)8(2)3/h8-9H,4-7H2,1-3H3. The third-order valence-electron chi connectivity index (χ3n) is 2.68. The van der Waals surface area contributed by atoms with E-state index in [4.69, 9.17) is 4.74 Å². The number of hydrogen-bond acceptors (Lipinski definition) is 4. The molecule has 6 heteroatoms. The minimum atomic E-state index is -3.36. The zero-order valence-electron chi connectivity index (χ0n) is 9.97. The van der Waals surface area contributed by atoms with Crippen LogP contribution in [0.3, 0.4) is 0 Å². The molecule has 0 bridgehead atoms. The lowest BCUT2D eigenvalue weighted by Crippen LogP contribution is -2.44. The molecule has 1 unspecified atom stereocenters. The van der Waals surface area contributed by atoms with E-state index < -0.39 is 27.3 Å². The van der Waals surface area contributed by atoms with Gasteiger partial charge >= 0.3 is 5.97 Å². The van der Waals surface area contributed by atoms with Gasteiger partial charge in [-0.3, -0.25) is 4.79 Å².